The molecule has 0 spiro atoms. The summed E-state index contributed by atoms with van der Waals surface area (Å²) in [5.41, 5.74) is 0.437. The molecular weight excluding hydrogens is 340 g/mol. The minimum absolute atomic E-state index is 0.164. The lowest BCUT2D eigenvalue weighted by Crippen LogP contribution is -2.26. The van der Waals surface area contributed by atoms with E-state index < -0.39 is 5.91 Å². The molecule has 0 aliphatic rings. The van der Waals surface area contributed by atoms with Crippen LogP contribution in [0.4, 0.5) is 0 Å². The zero-order valence-corrected chi connectivity index (χ0v) is 13.7. The van der Waals surface area contributed by atoms with E-state index in [-0.39, 0.29) is 17.8 Å². The number of carbonyl (C=O) groups is 1. The molecule has 25 heavy (non-hydrogen) atoms. The average Bonchev–Trinajstić information content (AvgIpc) is 3.32. The number of thiophene rings is 1. The van der Waals surface area contributed by atoms with E-state index >= 15 is 0 Å². The average molecular weight is 352 g/mol. The minimum atomic E-state index is -0.395. The third-order valence-electron chi connectivity index (χ3n) is 3.62. The molecule has 3 aromatic heterocycles. The Morgan fingerprint density at radius 3 is 2.84 bits per heavy atom. The summed E-state index contributed by atoms with van der Waals surface area (Å²) >= 11 is 1.53. The molecule has 4 rings (SSSR count). The number of hydrogen-bond acceptors (Lipinski definition) is 6. The highest BCUT2D eigenvalue weighted by Gasteiger charge is 2.15. The summed E-state index contributed by atoms with van der Waals surface area (Å²) in [6.45, 7) is 0.197. The molecule has 0 aliphatic carbocycles. The van der Waals surface area contributed by atoms with Crippen molar-refractivity contribution in [2.24, 2.45) is 0 Å². The van der Waals surface area contributed by atoms with Crippen molar-refractivity contribution in [3.8, 4) is 10.8 Å². The summed E-state index contributed by atoms with van der Waals surface area (Å²) in [6.07, 6.45) is 1.51. The zero-order valence-electron chi connectivity index (χ0n) is 12.9. The Morgan fingerprint density at radius 2 is 2.04 bits per heavy atom. The summed E-state index contributed by atoms with van der Waals surface area (Å²) in [5, 5.41) is 11.8. The molecule has 0 bridgehead atoms. The maximum atomic E-state index is 12.4. The van der Waals surface area contributed by atoms with Gasteiger partial charge in [-0.1, -0.05) is 24.3 Å². The summed E-state index contributed by atoms with van der Waals surface area (Å²) in [6, 6.07) is 10.7. The number of fused-ring (bicyclic) bond motifs is 1. The van der Waals surface area contributed by atoms with Gasteiger partial charge in [0.15, 0.2) is 5.69 Å². The Kier molecular flexibility index (Phi) is 3.87. The third-order valence-corrected chi connectivity index (χ3v) is 4.48. The van der Waals surface area contributed by atoms with Crippen LogP contribution in [-0.2, 0) is 6.54 Å². The molecule has 8 heteroatoms. The minimum Gasteiger partial charge on any atom is -0.443 e. The van der Waals surface area contributed by atoms with Crippen LogP contribution in [0.25, 0.3) is 21.5 Å². The summed E-state index contributed by atoms with van der Waals surface area (Å²) in [5.74, 6) is 0.125. The van der Waals surface area contributed by atoms with Crippen molar-refractivity contribution >= 4 is 28.0 Å². The molecule has 124 valence electrons. The molecule has 2 N–H and O–H groups in total. The van der Waals surface area contributed by atoms with Gasteiger partial charge in [0.2, 0.25) is 5.89 Å². The second-order valence-corrected chi connectivity index (χ2v) is 6.20. The number of oxazole rings is 1. The molecule has 7 nitrogen and oxygen atoms in total. The van der Waals surface area contributed by atoms with Crippen molar-refractivity contribution in [3.63, 3.8) is 0 Å². The first-order valence-electron chi connectivity index (χ1n) is 7.46. The van der Waals surface area contributed by atoms with Gasteiger partial charge in [-0.05, 0) is 17.5 Å². The largest absolute Gasteiger partial charge is 0.443 e. The van der Waals surface area contributed by atoms with E-state index in [4.69, 9.17) is 4.42 Å². The van der Waals surface area contributed by atoms with Crippen LogP contribution in [0.3, 0.4) is 0 Å². The molecule has 0 atom stereocenters. The van der Waals surface area contributed by atoms with Crippen LogP contribution in [0.15, 0.2) is 57.3 Å². The lowest BCUT2D eigenvalue weighted by molar-refractivity contribution is 0.0946. The highest BCUT2D eigenvalue weighted by Crippen LogP contribution is 2.23. The van der Waals surface area contributed by atoms with Crippen molar-refractivity contribution in [3.05, 3.63) is 69.8 Å². The predicted octanol–water partition coefficient (Wildman–Crippen LogP) is 2.57. The van der Waals surface area contributed by atoms with Crippen LogP contribution < -0.4 is 10.9 Å². The second-order valence-electron chi connectivity index (χ2n) is 5.25. The molecule has 4 aromatic rings. The first-order valence-corrected chi connectivity index (χ1v) is 8.34. The van der Waals surface area contributed by atoms with Gasteiger partial charge in [0.1, 0.15) is 6.26 Å². The molecule has 1 aromatic carbocycles. The lowest BCUT2D eigenvalue weighted by atomic mass is 10.1. The number of amides is 1. The number of nitrogens with zero attached hydrogens (tertiary/aromatic N) is 2. The maximum Gasteiger partial charge on any atom is 0.272 e. The van der Waals surface area contributed by atoms with E-state index in [1.165, 1.54) is 17.6 Å². The number of carbonyl (C=O) groups excluding carboxylic acids is 1. The van der Waals surface area contributed by atoms with Crippen LogP contribution in [0.2, 0.25) is 0 Å². The Morgan fingerprint density at radius 1 is 1.20 bits per heavy atom. The molecule has 0 unspecified atom stereocenters. The lowest BCUT2D eigenvalue weighted by Gasteiger charge is -2.05. The van der Waals surface area contributed by atoms with Crippen molar-refractivity contribution in [1.82, 2.24) is 20.5 Å². The molecule has 0 aliphatic heterocycles. The summed E-state index contributed by atoms with van der Waals surface area (Å²) < 4.78 is 5.42. The molecule has 3 heterocycles. The summed E-state index contributed by atoms with van der Waals surface area (Å²) in [4.78, 5) is 29.5. The Balaban J connectivity index is 1.54. The molecule has 0 saturated heterocycles. The Labute approximate surface area is 145 Å². The number of rotatable bonds is 4. The third kappa shape index (κ3) is 2.94. The van der Waals surface area contributed by atoms with Crippen molar-refractivity contribution in [1.29, 1.82) is 0 Å². The van der Waals surface area contributed by atoms with Crippen LogP contribution >= 0.6 is 11.3 Å². The van der Waals surface area contributed by atoms with Gasteiger partial charge in [-0.2, -0.15) is 5.10 Å². The first kappa shape index (κ1) is 15.3. The van der Waals surface area contributed by atoms with Crippen molar-refractivity contribution in [2.75, 3.05) is 0 Å². The van der Waals surface area contributed by atoms with E-state index in [9.17, 15) is 9.59 Å². The van der Waals surface area contributed by atoms with E-state index in [0.29, 0.717) is 22.4 Å². The quantitative estimate of drug-likeness (QED) is 0.588. The molecular formula is C17H12N4O3S. The number of H-pyrrole nitrogens is 1. The number of hydrogen-bond donors (Lipinski definition) is 2. The predicted molar refractivity (Wildman–Crippen MR) is 93.3 cm³/mol. The van der Waals surface area contributed by atoms with Gasteiger partial charge in [-0.25, -0.2) is 10.1 Å². The van der Waals surface area contributed by atoms with Gasteiger partial charge in [-0.3, -0.25) is 9.59 Å². The van der Waals surface area contributed by atoms with Gasteiger partial charge < -0.3 is 9.73 Å². The van der Waals surface area contributed by atoms with Crippen LogP contribution in [0, 0.1) is 0 Å². The van der Waals surface area contributed by atoms with Gasteiger partial charge in [0.05, 0.1) is 22.5 Å². The van der Waals surface area contributed by atoms with E-state index in [1.54, 1.807) is 24.3 Å². The zero-order chi connectivity index (χ0) is 17.2. The number of aromatic amines is 1. The van der Waals surface area contributed by atoms with Gasteiger partial charge >= 0.3 is 0 Å². The van der Waals surface area contributed by atoms with Crippen LogP contribution in [0.1, 0.15) is 16.2 Å². The van der Waals surface area contributed by atoms with Gasteiger partial charge in [0, 0.05) is 5.39 Å². The normalized spacial score (nSPS) is 10.9. The maximum absolute atomic E-state index is 12.4. The van der Waals surface area contributed by atoms with Crippen molar-refractivity contribution in [2.45, 2.75) is 6.54 Å². The molecule has 0 saturated carbocycles. The topological polar surface area (TPSA) is 101 Å². The standard InChI is InChI=1S/C17H12N4O3S/c22-15-12-5-2-1-4-11(12)14(20-21-15)16(23)18-8-10-9-24-17(19-10)13-6-3-7-25-13/h1-7,9H,8H2,(H,18,23)(H,21,22). The Bertz CT molecular complexity index is 1100. The van der Waals surface area contributed by atoms with E-state index in [0.717, 1.165) is 4.88 Å². The monoisotopic (exact) mass is 352 g/mol. The van der Waals surface area contributed by atoms with Gasteiger partial charge in [-0.15, -0.1) is 11.3 Å². The fourth-order valence-corrected chi connectivity index (χ4v) is 3.10. The fourth-order valence-electron chi connectivity index (χ4n) is 2.44. The van der Waals surface area contributed by atoms with E-state index in [2.05, 4.69) is 20.5 Å². The highest BCUT2D eigenvalue weighted by molar-refractivity contribution is 7.13. The second kappa shape index (κ2) is 6.33. The smallest absolute Gasteiger partial charge is 0.272 e. The van der Waals surface area contributed by atoms with E-state index in [1.807, 2.05) is 17.5 Å². The number of aromatic nitrogens is 3. The van der Waals surface area contributed by atoms with Crippen molar-refractivity contribution < 1.29 is 9.21 Å². The number of nitrogens with one attached hydrogen (secondary N) is 2. The van der Waals surface area contributed by atoms with Crippen LogP contribution in [0.5, 0.6) is 0 Å². The fraction of sp³-hybridized carbons (Fsp3) is 0.0588. The van der Waals surface area contributed by atoms with Crippen LogP contribution in [-0.4, -0.2) is 21.1 Å². The summed E-state index contributed by atoms with van der Waals surface area (Å²) in [7, 11) is 0. The molecule has 0 fully saturated rings. The first-order chi connectivity index (χ1) is 12.2. The number of benzene rings is 1. The van der Waals surface area contributed by atoms with Gasteiger partial charge in [0.25, 0.3) is 11.5 Å². The highest BCUT2D eigenvalue weighted by atomic mass is 32.1. The Hall–Kier alpha value is -3.26. The SMILES string of the molecule is O=C(NCc1coc(-c2cccs2)n1)c1n[nH]c(=O)c2ccccc12. The molecule has 0 radical (unpaired) electrons. The molecule has 1 amide bonds.